The van der Waals surface area contributed by atoms with Gasteiger partial charge in [0.05, 0.1) is 4.90 Å². The highest BCUT2D eigenvalue weighted by molar-refractivity contribution is 7.89. The molecule has 0 heterocycles. The van der Waals surface area contributed by atoms with Crippen LogP contribution < -0.4 is 10.6 Å². The third kappa shape index (κ3) is 6.47. The lowest BCUT2D eigenvalue weighted by molar-refractivity contribution is 0.218. The van der Waals surface area contributed by atoms with Gasteiger partial charge in [-0.3, -0.25) is 5.32 Å². The van der Waals surface area contributed by atoms with Gasteiger partial charge >= 0.3 is 12.1 Å². The number of unbranched alkanes of at least 4 members (excludes halogenated alkanes) is 2. The van der Waals surface area contributed by atoms with Gasteiger partial charge in [0.1, 0.15) is 0 Å². The molecule has 2 N–H and O–H groups in total. The molecule has 29 heavy (non-hydrogen) atoms. The van der Waals surface area contributed by atoms with E-state index in [9.17, 15) is 18.0 Å². The summed E-state index contributed by atoms with van der Waals surface area (Å²) in [5, 5.41) is 5.05. The van der Waals surface area contributed by atoms with Crippen LogP contribution in [0.3, 0.4) is 0 Å². The summed E-state index contributed by atoms with van der Waals surface area (Å²) in [4.78, 5) is 24.8. The summed E-state index contributed by atoms with van der Waals surface area (Å²) in [7, 11) is -4.10. The number of hydrogen-bond donors (Lipinski definition) is 2. The van der Waals surface area contributed by atoms with E-state index in [4.69, 9.17) is 11.6 Å². The van der Waals surface area contributed by atoms with E-state index in [1.165, 1.54) is 12.1 Å². The molecular weight excluding hydrogens is 414 g/mol. The zero-order valence-corrected chi connectivity index (χ0v) is 17.9. The zero-order chi connectivity index (χ0) is 21.4. The molecule has 0 spiro atoms. The maximum Gasteiger partial charge on any atom is 0.339 e. The molecule has 0 aromatic heterocycles. The first-order valence-corrected chi connectivity index (χ1v) is 11.0. The van der Waals surface area contributed by atoms with Crippen molar-refractivity contribution in [3.63, 3.8) is 0 Å². The third-order valence-electron chi connectivity index (χ3n) is 4.12. The van der Waals surface area contributed by atoms with Gasteiger partial charge in [-0.25, -0.2) is 22.3 Å². The highest BCUT2D eigenvalue weighted by atomic mass is 35.5. The van der Waals surface area contributed by atoms with E-state index in [1.54, 1.807) is 36.4 Å². The number of imide groups is 1. The van der Waals surface area contributed by atoms with E-state index >= 15 is 0 Å². The van der Waals surface area contributed by atoms with Crippen LogP contribution in [-0.2, 0) is 10.0 Å². The minimum absolute atomic E-state index is 0.00661. The molecule has 7 nitrogen and oxygen atoms in total. The zero-order valence-electron chi connectivity index (χ0n) is 16.3. The Morgan fingerprint density at radius 2 is 1.62 bits per heavy atom. The number of aryl methyl sites for hydroxylation is 1. The number of amides is 4. The topological polar surface area (TPSA) is 95.6 Å². The number of carbonyl (C=O) groups is 2. The molecule has 0 aliphatic heterocycles. The summed E-state index contributed by atoms with van der Waals surface area (Å²) < 4.78 is 26.7. The van der Waals surface area contributed by atoms with Gasteiger partial charge in [-0.2, -0.15) is 0 Å². The lowest BCUT2D eigenvalue weighted by Gasteiger charge is -2.22. The second-order valence-corrected chi connectivity index (χ2v) is 8.79. The third-order valence-corrected chi connectivity index (χ3v) is 6.17. The highest BCUT2D eigenvalue weighted by Gasteiger charge is 2.30. The predicted octanol–water partition coefficient (Wildman–Crippen LogP) is 4.77. The van der Waals surface area contributed by atoms with Gasteiger partial charge in [0.2, 0.25) is 0 Å². The molecule has 2 aromatic rings. The molecule has 4 amide bonds. The van der Waals surface area contributed by atoms with Crippen LogP contribution in [0, 0.1) is 6.92 Å². The summed E-state index contributed by atoms with van der Waals surface area (Å²) in [5.41, 5.74) is 1.31. The Morgan fingerprint density at radius 1 is 1.00 bits per heavy atom. The van der Waals surface area contributed by atoms with E-state index < -0.39 is 22.1 Å². The van der Waals surface area contributed by atoms with Crippen molar-refractivity contribution in [2.24, 2.45) is 0 Å². The SMILES string of the molecule is CCCCCN(C(=O)NC(=O)Nc1ccc(Cl)cc1)S(=O)(=O)c1ccc(C)cc1. The number of rotatable bonds is 7. The van der Waals surface area contributed by atoms with Crippen LogP contribution in [0.1, 0.15) is 31.7 Å². The van der Waals surface area contributed by atoms with Crippen LogP contribution >= 0.6 is 11.6 Å². The predicted molar refractivity (Wildman–Crippen MR) is 114 cm³/mol. The van der Waals surface area contributed by atoms with Crippen molar-refractivity contribution in [1.29, 1.82) is 0 Å². The van der Waals surface area contributed by atoms with Gasteiger partial charge in [0.25, 0.3) is 10.0 Å². The van der Waals surface area contributed by atoms with Gasteiger partial charge in [-0.1, -0.05) is 49.1 Å². The van der Waals surface area contributed by atoms with E-state index in [0.717, 1.165) is 18.4 Å². The molecular formula is C20H24ClN3O4S. The Labute approximate surface area is 176 Å². The molecule has 2 aromatic carbocycles. The normalized spacial score (nSPS) is 11.0. The monoisotopic (exact) mass is 437 g/mol. The molecule has 2 rings (SSSR count). The minimum Gasteiger partial charge on any atom is -0.308 e. The summed E-state index contributed by atoms with van der Waals surface area (Å²) in [6.45, 7) is 3.78. The fourth-order valence-electron chi connectivity index (χ4n) is 2.53. The standard InChI is InChI=1S/C20H24ClN3O4S/c1-3-4-5-14-24(29(27,28)18-12-6-15(2)7-13-18)20(26)23-19(25)22-17-10-8-16(21)9-11-17/h6-13H,3-5,14H2,1-2H3,(H2,22,23,25,26). The van der Waals surface area contributed by atoms with Crippen LogP contribution in [0.4, 0.5) is 15.3 Å². The van der Waals surface area contributed by atoms with Gasteiger partial charge in [0.15, 0.2) is 0 Å². The second kappa shape index (κ2) is 10.3. The van der Waals surface area contributed by atoms with Crippen molar-refractivity contribution in [2.45, 2.75) is 38.0 Å². The smallest absolute Gasteiger partial charge is 0.308 e. The van der Waals surface area contributed by atoms with E-state index in [-0.39, 0.29) is 11.4 Å². The van der Waals surface area contributed by atoms with Crippen molar-refractivity contribution in [1.82, 2.24) is 9.62 Å². The number of benzene rings is 2. The van der Waals surface area contributed by atoms with Gasteiger partial charge in [-0.15, -0.1) is 0 Å². The van der Waals surface area contributed by atoms with Crippen LogP contribution in [0.15, 0.2) is 53.4 Å². The maximum absolute atomic E-state index is 13.0. The van der Waals surface area contributed by atoms with Crippen LogP contribution in [0.2, 0.25) is 5.02 Å². The van der Waals surface area contributed by atoms with E-state index in [0.29, 0.717) is 21.4 Å². The van der Waals surface area contributed by atoms with Gasteiger partial charge < -0.3 is 5.32 Å². The van der Waals surface area contributed by atoms with Gasteiger partial charge in [0, 0.05) is 17.3 Å². The number of halogens is 1. The Kier molecular flexibility index (Phi) is 8.04. The summed E-state index contributed by atoms with van der Waals surface area (Å²) in [6.07, 6.45) is 2.11. The molecule has 0 aliphatic rings. The number of nitrogens with one attached hydrogen (secondary N) is 2. The first-order valence-electron chi connectivity index (χ1n) is 9.21. The molecule has 0 saturated carbocycles. The Morgan fingerprint density at radius 3 is 2.21 bits per heavy atom. The molecule has 0 atom stereocenters. The van der Waals surface area contributed by atoms with Crippen LogP contribution in [0.5, 0.6) is 0 Å². The van der Waals surface area contributed by atoms with Crippen molar-refractivity contribution in [2.75, 3.05) is 11.9 Å². The van der Waals surface area contributed by atoms with E-state index in [2.05, 4.69) is 10.6 Å². The van der Waals surface area contributed by atoms with Crippen molar-refractivity contribution in [3.05, 3.63) is 59.1 Å². The molecule has 0 unspecified atom stereocenters. The molecule has 0 saturated heterocycles. The summed E-state index contributed by atoms with van der Waals surface area (Å²) >= 11 is 5.80. The van der Waals surface area contributed by atoms with Crippen LogP contribution in [0.25, 0.3) is 0 Å². The first-order chi connectivity index (χ1) is 13.7. The number of sulfonamides is 1. The second-order valence-electron chi connectivity index (χ2n) is 6.49. The fourth-order valence-corrected chi connectivity index (χ4v) is 4.02. The average molecular weight is 438 g/mol. The van der Waals surface area contributed by atoms with Crippen molar-refractivity contribution < 1.29 is 18.0 Å². The number of nitrogens with zero attached hydrogens (tertiary/aromatic N) is 1. The Bertz CT molecular complexity index is 945. The molecule has 0 radical (unpaired) electrons. The molecule has 9 heteroatoms. The highest BCUT2D eigenvalue weighted by Crippen LogP contribution is 2.18. The molecule has 0 bridgehead atoms. The number of urea groups is 2. The lowest BCUT2D eigenvalue weighted by Crippen LogP contribution is -2.47. The number of hydrogen-bond acceptors (Lipinski definition) is 4. The molecule has 0 fully saturated rings. The van der Waals surface area contributed by atoms with Crippen molar-refractivity contribution in [3.8, 4) is 0 Å². The van der Waals surface area contributed by atoms with Gasteiger partial charge in [-0.05, 0) is 49.7 Å². The maximum atomic E-state index is 13.0. The van der Waals surface area contributed by atoms with Crippen molar-refractivity contribution >= 4 is 39.4 Å². The van der Waals surface area contributed by atoms with E-state index in [1.807, 2.05) is 13.8 Å². The minimum atomic E-state index is -4.10. The molecule has 156 valence electrons. The molecule has 0 aliphatic carbocycles. The fraction of sp³-hybridized carbons (Fsp3) is 0.300. The Hall–Kier alpha value is -2.58. The quantitative estimate of drug-likeness (QED) is 0.609. The lowest BCUT2D eigenvalue weighted by atomic mass is 10.2. The first kappa shape index (κ1) is 22.7. The largest absolute Gasteiger partial charge is 0.339 e. The Balaban J connectivity index is 2.16. The number of anilines is 1. The van der Waals surface area contributed by atoms with Crippen LogP contribution in [-0.4, -0.2) is 31.3 Å². The number of carbonyl (C=O) groups excluding carboxylic acids is 2. The average Bonchev–Trinajstić information content (AvgIpc) is 2.67. The summed E-state index contributed by atoms with van der Waals surface area (Å²) in [5.74, 6) is 0. The summed E-state index contributed by atoms with van der Waals surface area (Å²) in [6, 6.07) is 10.6.